The topological polar surface area (TPSA) is 60.7 Å². The molecule has 2 aromatic heterocycles. The van der Waals surface area contributed by atoms with Gasteiger partial charge in [0.15, 0.2) is 4.96 Å². The molecule has 0 aliphatic heterocycles. The van der Waals surface area contributed by atoms with E-state index in [0.29, 0.717) is 17.3 Å². The number of thiazole rings is 1. The number of hydrogen-bond donors (Lipinski definition) is 0. The summed E-state index contributed by atoms with van der Waals surface area (Å²) < 4.78 is 6.49. The Kier molecular flexibility index (Phi) is 3.10. The van der Waals surface area contributed by atoms with Gasteiger partial charge in [-0.2, -0.15) is 0 Å². The van der Waals surface area contributed by atoms with E-state index in [-0.39, 0.29) is 17.9 Å². The molecule has 0 spiro atoms. The third kappa shape index (κ3) is 2.06. The van der Waals surface area contributed by atoms with Gasteiger partial charge in [-0.15, -0.1) is 11.3 Å². The zero-order valence-corrected chi connectivity index (χ0v) is 11.5. The number of rotatable bonds is 3. The highest BCUT2D eigenvalue weighted by molar-refractivity contribution is 7.15. The fraction of sp³-hybridized carbons (Fsp3) is 0.462. The Hall–Kier alpha value is -1.69. The minimum atomic E-state index is -0.311. The van der Waals surface area contributed by atoms with Gasteiger partial charge in [0, 0.05) is 16.6 Å². The summed E-state index contributed by atoms with van der Waals surface area (Å²) in [6, 6.07) is 0. The molecule has 0 N–H and O–H groups in total. The Bertz CT molecular complexity index is 702. The summed E-state index contributed by atoms with van der Waals surface area (Å²) in [5, 5.41) is 1.82. The van der Waals surface area contributed by atoms with Crippen molar-refractivity contribution >= 4 is 22.3 Å². The van der Waals surface area contributed by atoms with Crippen LogP contribution >= 0.6 is 11.3 Å². The molecule has 0 fully saturated rings. The Labute approximate surface area is 113 Å². The summed E-state index contributed by atoms with van der Waals surface area (Å²) in [4.78, 5) is 29.2. The lowest BCUT2D eigenvalue weighted by molar-refractivity contribution is -0.142. The second kappa shape index (κ2) is 4.77. The maximum atomic E-state index is 12.4. The number of nitrogens with zero attached hydrogens (tertiary/aromatic N) is 2. The fourth-order valence-electron chi connectivity index (χ4n) is 2.46. The van der Waals surface area contributed by atoms with Crippen LogP contribution in [0.25, 0.3) is 4.96 Å². The first-order valence-corrected chi connectivity index (χ1v) is 7.25. The highest BCUT2D eigenvalue weighted by Gasteiger charge is 2.21. The Morgan fingerprint density at radius 3 is 3.16 bits per heavy atom. The first-order chi connectivity index (χ1) is 9.20. The summed E-state index contributed by atoms with van der Waals surface area (Å²) >= 11 is 1.40. The Morgan fingerprint density at radius 2 is 2.37 bits per heavy atom. The van der Waals surface area contributed by atoms with Crippen LogP contribution < -0.4 is 5.56 Å². The van der Waals surface area contributed by atoms with Crippen molar-refractivity contribution in [1.29, 1.82) is 0 Å². The monoisotopic (exact) mass is 278 g/mol. The van der Waals surface area contributed by atoms with Crippen molar-refractivity contribution in [2.45, 2.75) is 32.6 Å². The molecule has 0 unspecified atom stereocenters. The molecular formula is C13H14N2O3S. The molecule has 100 valence electrons. The first-order valence-electron chi connectivity index (χ1n) is 6.37. The maximum absolute atomic E-state index is 12.4. The molecule has 0 saturated heterocycles. The lowest BCUT2D eigenvalue weighted by Crippen LogP contribution is -2.22. The molecule has 6 heteroatoms. The molecule has 0 bridgehead atoms. The van der Waals surface area contributed by atoms with E-state index in [0.717, 1.165) is 30.5 Å². The van der Waals surface area contributed by atoms with Gasteiger partial charge in [0.2, 0.25) is 0 Å². The molecule has 0 radical (unpaired) electrons. The third-order valence-electron chi connectivity index (χ3n) is 3.29. The van der Waals surface area contributed by atoms with E-state index < -0.39 is 0 Å². The Morgan fingerprint density at radius 1 is 1.53 bits per heavy atom. The molecule has 1 aliphatic rings. The number of hydrogen-bond acceptors (Lipinski definition) is 5. The number of ether oxygens (including phenoxy) is 1. The lowest BCUT2D eigenvalue weighted by atomic mass is 10.2. The van der Waals surface area contributed by atoms with E-state index in [1.54, 1.807) is 11.3 Å². The van der Waals surface area contributed by atoms with Crippen LogP contribution in [0.5, 0.6) is 0 Å². The van der Waals surface area contributed by atoms with Crippen LogP contribution in [0.3, 0.4) is 0 Å². The molecule has 0 saturated carbocycles. The standard InChI is InChI=1S/C13H14N2O3S/c1-2-18-11(16)6-8-7-19-13-14-10-5-3-4-9(10)12(17)15(8)13/h7H,2-6H2,1H3. The molecule has 3 rings (SSSR count). The van der Waals surface area contributed by atoms with Crippen molar-refractivity contribution in [1.82, 2.24) is 9.38 Å². The van der Waals surface area contributed by atoms with Crippen molar-refractivity contribution in [3.05, 3.63) is 32.7 Å². The Balaban J connectivity index is 2.08. The van der Waals surface area contributed by atoms with E-state index in [2.05, 4.69) is 4.98 Å². The SMILES string of the molecule is CCOC(=O)Cc1csc2nc3c(c(=O)n12)CCC3. The number of carbonyl (C=O) groups excluding carboxylic acids is 1. The van der Waals surface area contributed by atoms with Gasteiger partial charge in [-0.3, -0.25) is 14.0 Å². The summed E-state index contributed by atoms with van der Waals surface area (Å²) in [6.45, 7) is 2.12. The second-order valence-electron chi connectivity index (χ2n) is 4.52. The summed E-state index contributed by atoms with van der Waals surface area (Å²) in [5.74, 6) is -0.311. The first kappa shape index (κ1) is 12.3. The van der Waals surface area contributed by atoms with Gasteiger partial charge >= 0.3 is 5.97 Å². The summed E-state index contributed by atoms with van der Waals surface area (Å²) in [6.07, 6.45) is 2.78. The van der Waals surface area contributed by atoms with E-state index in [4.69, 9.17) is 4.74 Å². The average Bonchev–Trinajstić information content (AvgIpc) is 2.97. The minimum Gasteiger partial charge on any atom is -0.466 e. The molecule has 2 aromatic rings. The summed E-state index contributed by atoms with van der Waals surface area (Å²) in [5.41, 5.74) is 2.39. The van der Waals surface area contributed by atoms with Crippen LogP contribution in [-0.4, -0.2) is 22.0 Å². The zero-order valence-electron chi connectivity index (χ0n) is 10.6. The zero-order chi connectivity index (χ0) is 13.4. The average molecular weight is 278 g/mol. The minimum absolute atomic E-state index is 0.0157. The smallest absolute Gasteiger partial charge is 0.311 e. The second-order valence-corrected chi connectivity index (χ2v) is 5.36. The van der Waals surface area contributed by atoms with E-state index in [1.807, 2.05) is 5.38 Å². The van der Waals surface area contributed by atoms with Gasteiger partial charge in [-0.05, 0) is 26.2 Å². The van der Waals surface area contributed by atoms with E-state index in [1.165, 1.54) is 11.3 Å². The lowest BCUT2D eigenvalue weighted by Gasteiger charge is -2.03. The van der Waals surface area contributed by atoms with Gasteiger partial charge < -0.3 is 4.74 Å². The normalized spacial score (nSPS) is 13.7. The molecule has 19 heavy (non-hydrogen) atoms. The van der Waals surface area contributed by atoms with Crippen LogP contribution in [0.4, 0.5) is 0 Å². The van der Waals surface area contributed by atoms with Crippen molar-refractivity contribution in [3.63, 3.8) is 0 Å². The molecule has 0 atom stereocenters. The van der Waals surface area contributed by atoms with Gasteiger partial charge in [0.1, 0.15) is 0 Å². The number of aryl methyl sites for hydroxylation is 1. The molecular weight excluding hydrogens is 264 g/mol. The highest BCUT2D eigenvalue weighted by Crippen LogP contribution is 2.21. The predicted molar refractivity (Wildman–Crippen MR) is 71.7 cm³/mol. The van der Waals surface area contributed by atoms with Crippen molar-refractivity contribution in [2.24, 2.45) is 0 Å². The van der Waals surface area contributed by atoms with Crippen molar-refractivity contribution in [2.75, 3.05) is 6.61 Å². The molecule has 2 heterocycles. The highest BCUT2D eigenvalue weighted by atomic mass is 32.1. The van der Waals surface area contributed by atoms with E-state index in [9.17, 15) is 9.59 Å². The molecule has 0 aromatic carbocycles. The van der Waals surface area contributed by atoms with Crippen LogP contribution in [-0.2, 0) is 28.8 Å². The molecule has 0 amide bonds. The quantitative estimate of drug-likeness (QED) is 0.795. The van der Waals surface area contributed by atoms with Gasteiger partial charge in [-0.1, -0.05) is 0 Å². The van der Waals surface area contributed by atoms with Crippen LogP contribution in [0.2, 0.25) is 0 Å². The number of aromatic nitrogens is 2. The number of carbonyl (C=O) groups is 1. The van der Waals surface area contributed by atoms with Crippen LogP contribution in [0.1, 0.15) is 30.3 Å². The van der Waals surface area contributed by atoms with Crippen molar-refractivity contribution in [3.8, 4) is 0 Å². The van der Waals surface area contributed by atoms with Gasteiger partial charge in [0.05, 0.1) is 18.7 Å². The molecule has 1 aliphatic carbocycles. The largest absolute Gasteiger partial charge is 0.466 e. The van der Waals surface area contributed by atoms with Crippen LogP contribution in [0, 0.1) is 0 Å². The van der Waals surface area contributed by atoms with Crippen LogP contribution in [0.15, 0.2) is 10.2 Å². The predicted octanol–water partition coefficient (Wildman–Crippen LogP) is 1.35. The number of fused-ring (bicyclic) bond motifs is 2. The third-order valence-corrected chi connectivity index (χ3v) is 4.16. The summed E-state index contributed by atoms with van der Waals surface area (Å²) in [7, 11) is 0. The number of esters is 1. The van der Waals surface area contributed by atoms with E-state index >= 15 is 0 Å². The molecule has 5 nitrogen and oxygen atoms in total. The van der Waals surface area contributed by atoms with Gasteiger partial charge in [0.25, 0.3) is 5.56 Å². The fourth-order valence-corrected chi connectivity index (χ4v) is 3.35. The van der Waals surface area contributed by atoms with Gasteiger partial charge in [-0.25, -0.2) is 4.98 Å². The van der Waals surface area contributed by atoms with Crippen molar-refractivity contribution < 1.29 is 9.53 Å². The maximum Gasteiger partial charge on any atom is 0.311 e.